The number of aromatic nitrogens is 1. The average molecular weight is 264 g/mol. The summed E-state index contributed by atoms with van der Waals surface area (Å²) in [6.45, 7) is 4.72. The van der Waals surface area contributed by atoms with Gasteiger partial charge >= 0.3 is 0 Å². The predicted molar refractivity (Wildman–Crippen MR) is 72.9 cm³/mol. The third-order valence-corrected chi connectivity index (χ3v) is 5.69. The molecule has 0 atom stereocenters. The molecular weight excluding hydrogens is 244 g/mol. The van der Waals surface area contributed by atoms with Crippen molar-refractivity contribution in [3.05, 3.63) is 15.6 Å². The fourth-order valence-corrected chi connectivity index (χ4v) is 4.49. The van der Waals surface area contributed by atoms with E-state index in [0.29, 0.717) is 5.41 Å². The summed E-state index contributed by atoms with van der Waals surface area (Å²) in [5, 5.41) is 4.11. The minimum atomic E-state index is 0.0721. The van der Waals surface area contributed by atoms with Gasteiger partial charge in [-0.1, -0.05) is 0 Å². The number of hydrogen-bond donors (Lipinski definition) is 1. The Balaban J connectivity index is 1.63. The number of fused-ring (bicyclic) bond motifs is 2. The van der Waals surface area contributed by atoms with Gasteiger partial charge in [-0.15, -0.1) is 11.3 Å². The third-order valence-electron chi connectivity index (χ3n) is 4.62. The Morgan fingerprint density at radius 2 is 2.17 bits per heavy atom. The number of aryl methyl sites for hydroxylation is 2. The highest BCUT2D eigenvalue weighted by Crippen LogP contribution is 2.53. The van der Waals surface area contributed by atoms with E-state index < -0.39 is 0 Å². The van der Waals surface area contributed by atoms with Gasteiger partial charge in [0.1, 0.15) is 4.88 Å². The van der Waals surface area contributed by atoms with Crippen molar-refractivity contribution in [2.75, 3.05) is 6.54 Å². The highest BCUT2D eigenvalue weighted by atomic mass is 32.1. The summed E-state index contributed by atoms with van der Waals surface area (Å²) in [6, 6.07) is 0. The van der Waals surface area contributed by atoms with Gasteiger partial charge in [0.05, 0.1) is 10.7 Å². The van der Waals surface area contributed by atoms with Gasteiger partial charge in [-0.3, -0.25) is 4.79 Å². The number of nitrogens with one attached hydrogen (secondary N) is 1. The highest BCUT2D eigenvalue weighted by molar-refractivity contribution is 7.13. The van der Waals surface area contributed by atoms with Crippen LogP contribution in [0, 0.1) is 25.2 Å². The van der Waals surface area contributed by atoms with Crippen LogP contribution in [0.15, 0.2) is 0 Å². The Kier molecular flexibility index (Phi) is 2.93. The maximum absolute atomic E-state index is 12.2. The number of nitrogens with zero attached hydrogens (tertiary/aromatic N) is 1. The second-order valence-electron chi connectivity index (χ2n) is 5.98. The summed E-state index contributed by atoms with van der Waals surface area (Å²) in [5.41, 5.74) is 1.29. The molecule has 2 bridgehead atoms. The lowest BCUT2D eigenvalue weighted by molar-refractivity contribution is 0.0934. The molecule has 98 valence electrons. The first-order chi connectivity index (χ1) is 8.58. The van der Waals surface area contributed by atoms with Crippen molar-refractivity contribution in [3.63, 3.8) is 0 Å². The Bertz CT molecular complexity index is 472. The molecule has 3 rings (SSSR count). The van der Waals surface area contributed by atoms with Crippen LogP contribution < -0.4 is 5.32 Å². The van der Waals surface area contributed by atoms with E-state index in [1.54, 1.807) is 0 Å². The van der Waals surface area contributed by atoms with E-state index in [9.17, 15) is 4.79 Å². The molecule has 1 amide bonds. The summed E-state index contributed by atoms with van der Waals surface area (Å²) in [7, 11) is 0. The molecule has 0 saturated heterocycles. The van der Waals surface area contributed by atoms with Crippen molar-refractivity contribution in [1.29, 1.82) is 0 Å². The number of hydrogen-bond acceptors (Lipinski definition) is 3. The Labute approximate surface area is 112 Å². The number of rotatable bonds is 3. The number of carbonyl (C=O) groups is 1. The lowest BCUT2D eigenvalue weighted by Crippen LogP contribution is -2.35. The van der Waals surface area contributed by atoms with Gasteiger partial charge in [0.15, 0.2) is 0 Å². The molecule has 0 spiro atoms. The van der Waals surface area contributed by atoms with Crippen LogP contribution in [0.25, 0.3) is 0 Å². The molecule has 1 aromatic heterocycles. The molecule has 3 nitrogen and oxygen atoms in total. The Hall–Kier alpha value is -0.900. The van der Waals surface area contributed by atoms with Crippen molar-refractivity contribution >= 4 is 17.2 Å². The second kappa shape index (κ2) is 4.34. The fraction of sp³-hybridized carbons (Fsp3) is 0.714. The van der Waals surface area contributed by atoms with E-state index >= 15 is 0 Å². The lowest BCUT2D eigenvalue weighted by atomic mass is 9.84. The molecule has 2 fully saturated rings. The molecule has 1 heterocycles. The average Bonchev–Trinajstić information content (AvgIpc) is 3.01. The Morgan fingerprint density at radius 3 is 2.67 bits per heavy atom. The second-order valence-corrected chi connectivity index (χ2v) is 7.18. The third kappa shape index (κ3) is 2.07. The lowest BCUT2D eigenvalue weighted by Gasteiger charge is -2.26. The summed E-state index contributed by atoms with van der Waals surface area (Å²) in [6.07, 6.45) is 6.68. The van der Waals surface area contributed by atoms with Crippen LogP contribution >= 0.6 is 11.3 Å². The minimum Gasteiger partial charge on any atom is -0.351 e. The van der Waals surface area contributed by atoms with E-state index in [-0.39, 0.29) is 5.91 Å². The minimum absolute atomic E-state index is 0.0721. The van der Waals surface area contributed by atoms with Gasteiger partial charge in [0, 0.05) is 6.54 Å². The van der Waals surface area contributed by atoms with E-state index in [4.69, 9.17) is 0 Å². The van der Waals surface area contributed by atoms with Crippen LogP contribution in [-0.4, -0.2) is 17.4 Å². The monoisotopic (exact) mass is 264 g/mol. The molecule has 0 radical (unpaired) electrons. The standard InChI is InChI=1S/C14H20N2OS/c1-9-12(18-10(2)16-9)13(17)15-8-14-5-3-11(7-14)4-6-14/h11H,3-8H2,1-2H3,(H,15,17). The number of thiazole rings is 1. The van der Waals surface area contributed by atoms with Crippen LogP contribution in [0.1, 0.15) is 52.5 Å². The van der Waals surface area contributed by atoms with Crippen LogP contribution in [-0.2, 0) is 0 Å². The highest BCUT2D eigenvalue weighted by Gasteiger charge is 2.44. The molecule has 4 heteroatoms. The summed E-state index contributed by atoms with van der Waals surface area (Å²) in [4.78, 5) is 17.3. The first-order valence-corrected chi connectivity index (χ1v) is 7.62. The van der Waals surface area contributed by atoms with Crippen molar-refractivity contribution in [1.82, 2.24) is 10.3 Å². The van der Waals surface area contributed by atoms with E-state index in [1.165, 1.54) is 43.4 Å². The molecule has 0 unspecified atom stereocenters. The zero-order valence-corrected chi connectivity index (χ0v) is 11.9. The van der Waals surface area contributed by atoms with Crippen molar-refractivity contribution < 1.29 is 4.79 Å². The van der Waals surface area contributed by atoms with Gasteiger partial charge in [-0.05, 0) is 57.3 Å². The zero-order chi connectivity index (χ0) is 12.8. The summed E-state index contributed by atoms with van der Waals surface area (Å²) >= 11 is 1.50. The predicted octanol–water partition coefficient (Wildman–Crippen LogP) is 3.07. The summed E-state index contributed by atoms with van der Waals surface area (Å²) < 4.78 is 0. The SMILES string of the molecule is Cc1nc(C)c(C(=O)NCC23CCC(CC2)C3)s1. The molecule has 1 aromatic rings. The van der Waals surface area contributed by atoms with Crippen LogP contribution in [0.3, 0.4) is 0 Å². The van der Waals surface area contributed by atoms with Crippen LogP contribution in [0.2, 0.25) is 0 Å². The van der Waals surface area contributed by atoms with Crippen molar-refractivity contribution in [2.45, 2.75) is 46.0 Å². The molecule has 1 N–H and O–H groups in total. The van der Waals surface area contributed by atoms with Crippen molar-refractivity contribution in [2.24, 2.45) is 11.3 Å². The molecule has 18 heavy (non-hydrogen) atoms. The smallest absolute Gasteiger partial charge is 0.263 e. The van der Waals surface area contributed by atoms with Gasteiger partial charge in [0.2, 0.25) is 0 Å². The first-order valence-electron chi connectivity index (χ1n) is 6.80. The van der Waals surface area contributed by atoms with Gasteiger partial charge in [-0.2, -0.15) is 0 Å². The van der Waals surface area contributed by atoms with E-state index in [1.807, 2.05) is 13.8 Å². The first kappa shape index (κ1) is 12.2. The van der Waals surface area contributed by atoms with Gasteiger partial charge in [0.25, 0.3) is 5.91 Å². The maximum atomic E-state index is 12.2. The molecule has 0 aliphatic heterocycles. The molecule has 2 saturated carbocycles. The van der Waals surface area contributed by atoms with E-state index in [2.05, 4.69) is 10.3 Å². The summed E-state index contributed by atoms with van der Waals surface area (Å²) in [5.74, 6) is 1.01. The van der Waals surface area contributed by atoms with Gasteiger partial charge < -0.3 is 5.32 Å². The quantitative estimate of drug-likeness (QED) is 0.911. The zero-order valence-electron chi connectivity index (χ0n) is 11.1. The molecule has 0 aromatic carbocycles. The maximum Gasteiger partial charge on any atom is 0.263 e. The molecule has 2 aliphatic rings. The topological polar surface area (TPSA) is 42.0 Å². The van der Waals surface area contributed by atoms with Crippen LogP contribution in [0.4, 0.5) is 0 Å². The molecule has 2 aliphatic carbocycles. The van der Waals surface area contributed by atoms with Crippen LogP contribution in [0.5, 0.6) is 0 Å². The number of carbonyl (C=O) groups excluding carboxylic acids is 1. The Morgan fingerprint density at radius 1 is 1.44 bits per heavy atom. The van der Waals surface area contributed by atoms with Gasteiger partial charge in [-0.25, -0.2) is 4.98 Å². The molecular formula is C14H20N2OS. The normalized spacial score (nSPS) is 29.8. The fourth-order valence-electron chi connectivity index (χ4n) is 3.65. The largest absolute Gasteiger partial charge is 0.351 e. The van der Waals surface area contributed by atoms with E-state index in [0.717, 1.165) is 28.0 Å². The van der Waals surface area contributed by atoms with Crippen molar-refractivity contribution in [3.8, 4) is 0 Å². The number of amides is 1.